The zero-order chi connectivity index (χ0) is 18.9. The smallest absolute Gasteiger partial charge is 0.225 e. The van der Waals surface area contributed by atoms with Crippen LogP contribution in [-0.2, 0) is 9.84 Å². The maximum atomic E-state index is 11.7. The first kappa shape index (κ1) is 17.7. The van der Waals surface area contributed by atoms with Crippen molar-refractivity contribution in [3.63, 3.8) is 0 Å². The fourth-order valence-electron chi connectivity index (χ4n) is 3.48. The summed E-state index contributed by atoms with van der Waals surface area (Å²) in [7, 11) is -3.20. The number of hydrogen-bond acceptors (Lipinski definition) is 6. The molecule has 3 aromatic rings. The van der Waals surface area contributed by atoms with Gasteiger partial charge in [-0.1, -0.05) is 0 Å². The molecule has 0 saturated carbocycles. The summed E-state index contributed by atoms with van der Waals surface area (Å²) in [6.45, 7) is 1.78. The van der Waals surface area contributed by atoms with Gasteiger partial charge in [0.25, 0.3) is 0 Å². The van der Waals surface area contributed by atoms with Gasteiger partial charge in [0.2, 0.25) is 5.95 Å². The quantitative estimate of drug-likeness (QED) is 0.689. The van der Waals surface area contributed by atoms with Gasteiger partial charge in [-0.15, -0.1) is 0 Å². The highest BCUT2D eigenvalue weighted by atomic mass is 32.2. The van der Waals surface area contributed by atoms with Gasteiger partial charge < -0.3 is 9.47 Å². The number of rotatable bonds is 4. The molecule has 0 bridgehead atoms. The number of nitrogens with zero attached hydrogens (tertiary/aromatic N) is 5. The van der Waals surface area contributed by atoms with Crippen LogP contribution in [0.5, 0.6) is 0 Å². The van der Waals surface area contributed by atoms with Gasteiger partial charge >= 0.3 is 0 Å². The van der Waals surface area contributed by atoms with Crippen LogP contribution >= 0.6 is 0 Å². The lowest BCUT2D eigenvalue weighted by Crippen LogP contribution is -2.35. The van der Waals surface area contributed by atoms with Gasteiger partial charge in [-0.3, -0.25) is 0 Å². The molecule has 27 heavy (non-hydrogen) atoms. The molecule has 0 amide bonds. The molecule has 1 saturated heterocycles. The van der Waals surface area contributed by atoms with E-state index in [4.69, 9.17) is 0 Å². The first-order chi connectivity index (χ1) is 13.0. The van der Waals surface area contributed by atoms with Crippen molar-refractivity contribution in [2.45, 2.75) is 23.8 Å². The molecule has 8 heteroatoms. The number of sulfone groups is 1. The van der Waals surface area contributed by atoms with E-state index >= 15 is 0 Å². The summed E-state index contributed by atoms with van der Waals surface area (Å²) < 4.78 is 25.5. The van der Waals surface area contributed by atoms with Crippen LogP contribution in [0.25, 0.3) is 11.4 Å². The summed E-state index contributed by atoms with van der Waals surface area (Å²) in [5, 5.41) is 0. The Bertz CT molecular complexity index is 1010. The van der Waals surface area contributed by atoms with Crippen molar-refractivity contribution in [2.75, 3.05) is 24.2 Å². The summed E-state index contributed by atoms with van der Waals surface area (Å²) >= 11 is 0. The van der Waals surface area contributed by atoms with Gasteiger partial charge in [-0.2, -0.15) is 0 Å². The van der Waals surface area contributed by atoms with E-state index in [-0.39, 0.29) is 0 Å². The van der Waals surface area contributed by atoms with Crippen molar-refractivity contribution >= 4 is 15.8 Å². The predicted molar refractivity (Wildman–Crippen MR) is 103 cm³/mol. The van der Waals surface area contributed by atoms with Crippen LogP contribution in [0.15, 0.2) is 60.0 Å². The van der Waals surface area contributed by atoms with E-state index in [0.29, 0.717) is 10.9 Å². The summed E-state index contributed by atoms with van der Waals surface area (Å²) in [4.78, 5) is 15.7. The molecule has 1 aliphatic rings. The minimum atomic E-state index is -3.20. The lowest BCUT2D eigenvalue weighted by molar-refractivity contribution is 0.396. The SMILES string of the molecule is CS(=O)(=O)c1ccc(-c2nccn2C2CCN(c3ncccn3)CC2)cc1. The fourth-order valence-corrected chi connectivity index (χ4v) is 4.11. The molecule has 1 fully saturated rings. The van der Waals surface area contributed by atoms with Crippen molar-refractivity contribution in [3.05, 3.63) is 55.1 Å². The molecular formula is C19H21N5O2S. The van der Waals surface area contributed by atoms with E-state index in [1.807, 2.05) is 24.4 Å². The number of hydrogen-bond donors (Lipinski definition) is 0. The van der Waals surface area contributed by atoms with Crippen LogP contribution in [0.2, 0.25) is 0 Å². The van der Waals surface area contributed by atoms with E-state index in [0.717, 1.165) is 43.3 Å². The van der Waals surface area contributed by atoms with Gasteiger partial charge in [0.1, 0.15) is 5.82 Å². The Morgan fingerprint density at radius 2 is 1.63 bits per heavy atom. The molecule has 0 aliphatic carbocycles. The van der Waals surface area contributed by atoms with Crippen LogP contribution in [-0.4, -0.2) is 47.3 Å². The van der Waals surface area contributed by atoms with Crippen LogP contribution in [0.3, 0.4) is 0 Å². The number of anilines is 1. The van der Waals surface area contributed by atoms with E-state index < -0.39 is 9.84 Å². The van der Waals surface area contributed by atoms with Gasteiger partial charge in [0.05, 0.1) is 4.90 Å². The molecule has 140 valence electrons. The molecular weight excluding hydrogens is 362 g/mol. The first-order valence-corrected chi connectivity index (χ1v) is 10.8. The zero-order valence-electron chi connectivity index (χ0n) is 15.1. The van der Waals surface area contributed by atoms with E-state index in [1.165, 1.54) is 6.26 Å². The summed E-state index contributed by atoms with van der Waals surface area (Å²) in [6, 6.07) is 9.09. The summed E-state index contributed by atoms with van der Waals surface area (Å²) in [6.07, 6.45) is 10.5. The first-order valence-electron chi connectivity index (χ1n) is 8.88. The maximum Gasteiger partial charge on any atom is 0.225 e. The lowest BCUT2D eigenvalue weighted by Gasteiger charge is -2.33. The van der Waals surface area contributed by atoms with E-state index in [1.54, 1.807) is 30.7 Å². The summed E-state index contributed by atoms with van der Waals surface area (Å²) in [5.74, 6) is 1.64. The standard InChI is InChI=1S/C19H21N5O2S/c1-27(25,26)17-5-3-15(4-6-17)18-20-11-14-24(18)16-7-12-23(13-8-16)19-21-9-2-10-22-19/h2-6,9-11,14,16H,7-8,12-13H2,1H3. The van der Waals surface area contributed by atoms with Crippen LogP contribution in [0, 0.1) is 0 Å². The van der Waals surface area contributed by atoms with Crippen LogP contribution in [0.4, 0.5) is 5.95 Å². The van der Waals surface area contributed by atoms with Crippen molar-refractivity contribution < 1.29 is 8.42 Å². The topological polar surface area (TPSA) is 81.0 Å². The van der Waals surface area contributed by atoms with Crippen molar-refractivity contribution in [1.29, 1.82) is 0 Å². The Morgan fingerprint density at radius 1 is 0.963 bits per heavy atom. The molecule has 0 radical (unpaired) electrons. The molecule has 7 nitrogen and oxygen atoms in total. The Balaban J connectivity index is 1.51. The molecule has 1 aliphatic heterocycles. The third-order valence-corrected chi connectivity index (χ3v) is 6.03. The largest absolute Gasteiger partial charge is 0.341 e. The van der Waals surface area contributed by atoms with Gasteiger partial charge in [-0.25, -0.2) is 23.4 Å². The Hall–Kier alpha value is -2.74. The van der Waals surface area contributed by atoms with Crippen LogP contribution < -0.4 is 4.90 Å². The van der Waals surface area contributed by atoms with Gasteiger partial charge in [0.15, 0.2) is 9.84 Å². The van der Waals surface area contributed by atoms with Gasteiger partial charge in [0, 0.05) is 55.7 Å². The molecule has 3 heterocycles. The molecule has 4 rings (SSSR count). The second-order valence-electron chi connectivity index (χ2n) is 6.72. The predicted octanol–water partition coefficient (Wildman–Crippen LogP) is 2.59. The molecule has 0 spiro atoms. The lowest BCUT2D eigenvalue weighted by atomic mass is 10.0. The molecule has 2 aromatic heterocycles. The fraction of sp³-hybridized carbons (Fsp3) is 0.316. The second kappa shape index (κ2) is 7.11. The number of benzene rings is 1. The molecule has 1 aromatic carbocycles. The Kier molecular flexibility index (Phi) is 4.65. The highest BCUT2D eigenvalue weighted by Crippen LogP contribution is 2.29. The minimum Gasteiger partial charge on any atom is -0.341 e. The average Bonchev–Trinajstić information content (AvgIpc) is 3.18. The van der Waals surface area contributed by atoms with Crippen LogP contribution in [0.1, 0.15) is 18.9 Å². The number of aromatic nitrogens is 4. The van der Waals surface area contributed by atoms with Crippen molar-refractivity contribution in [2.24, 2.45) is 0 Å². The normalized spacial score (nSPS) is 15.8. The second-order valence-corrected chi connectivity index (χ2v) is 8.74. The monoisotopic (exact) mass is 383 g/mol. The number of piperidine rings is 1. The molecule has 0 unspecified atom stereocenters. The average molecular weight is 383 g/mol. The van der Waals surface area contributed by atoms with E-state index in [9.17, 15) is 8.42 Å². The Labute approximate surface area is 158 Å². The summed E-state index contributed by atoms with van der Waals surface area (Å²) in [5.41, 5.74) is 0.918. The molecule has 0 atom stereocenters. The van der Waals surface area contributed by atoms with Gasteiger partial charge in [-0.05, 0) is 43.2 Å². The van der Waals surface area contributed by atoms with E-state index in [2.05, 4.69) is 24.4 Å². The Morgan fingerprint density at radius 3 is 2.26 bits per heavy atom. The zero-order valence-corrected chi connectivity index (χ0v) is 15.9. The number of imidazole rings is 1. The minimum absolute atomic E-state index is 0.320. The third-order valence-electron chi connectivity index (χ3n) is 4.90. The molecule has 0 N–H and O–H groups in total. The van der Waals surface area contributed by atoms with Crippen molar-refractivity contribution in [1.82, 2.24) is 19.5 Å². The maximum absolute atomic E-state index is 11.7. The van der Waals surface area contributed by atoms with Crippen molar-refractivity contribution in [3.8, 4) is 11.4 Å². The third kappa shape index (κ3) is 3.71. The highest BCUT2D eigenvalue weighted by molar-refractivity contribution is 7.90. The highest BCUT2D eigenvalue weighted by Gasteiger charge is 2.24.